The van der Waals surface area contributed by atoms with Gasteiger partial charge in [-0.2, -0.15) is 5.26 Å². The van der Waals surface area contributed by atoms with Gasteiger partial charge >= 0.3 is 0 Å². The number of pyridine rings is 2. The van der Waals surface area contributed by atoms with Crippen molar-refractivity contribution in [2.75, 3.05) is 0 Å². The van der Waals surface area contributed by atoms with Crippen LogP contribution in [-0.4, -0.2) is 9.97 Å². The number of rotatable bonds is 2. The van der Waals surface area contributed by atoms with Crippen molar-refractivity contribution in [2.24, 2.45) is 0 Å². The molecule has 0 atom stereocenters. The van der Waals surface area contributed by atoms with Crippen LogP contribution in [0.25, 0.3) is 0 Å². The minimum atomic E-state index is 0.148. The smallest absolute Gasteiger partial charge is 0.239 e. The normalized spacial score (nSPS) is 9.71. The Hall–Kier alpha value is -1.83. The van der Waals surface area contributed by atoms with Crippen molar-refractivity contribution in [2.45, 2.75) is 0 Å². The van der Waals surface area contributed by atoms with Crippen LogP contribution in [0.1, 0.15) is 5.56 Å². The van der Waals surface area contributed by atoms with Gasteiger partial charge in [0.25, 0.3) is 0 Å². The van der Waals surface area contributed by atoms with Crippen molar-refractivity contribution in [3.8, 4) is 17.7 Å². The first-order chi connectivity index (χ1) is 8.20. The van der Waals surface area contributed by atoms with E-state index in [9.17, 15) is 0 Å². The molecule has 0 bridgehead atoms. The van der Waals surface area contributed by atoms with Gasteiger partial charge in [-0.05, 0) is 6.07 Å². The molecule has 2 aromatic heterocycles. The van der Waals surface area contributed by atoms with Crippen LogP contribution in [0.2, 0.25) is 10.0 Å². The Morgan fingerprint density at radius 3 is 2.82 bits per heavy atom. The molecule has 0 aliphatic heterocycles. The van der Waals surface area contributed by atoms with Crippen LogP contribution in [0.15, 0.2) is 30.7 Å². The van der Waals surface area contributed by atoms with Crippen LogP contribution >= 0.6 is 23.2 Å². The van der Waals surface area contributed by atoms with Crippen LogP contribution in [0.3, 0.4) is 0 Å². The first-order valence-corrected chi connectivity index (χ1v) is 5.29. The molecule has 0 radical (unpaired) electrons. The summed E-state index contributed by atoms with van der Waals surface area (Å²) < 4.78 is 5.39. The highest BCUT2D eigenvalue weighted by Gasteiger charge is 2.09. The Bertz CT molecular complexity index is 596. The summed E-state index contributed by atoms with van der Waals surface area (Å²) >= 11 is 11.7. The summed E-state index contributed by atoms with van der Waals surface area (Å²) in [5, 5.41) is 9.40. The Balaban J connectivity index is 2.34. The Labute approximate surface area is 107 Å². The molecule has 4 nitrogen and oxygen atoms in total. The molecule has 0 aromatic carbocycles. The average molecular weight is 266 g/mol. The highest BCUT2D eigenvalue weighted by molar-refractivity contribution is 6.33. The van der Waals surface area contributed by atoms with Crippen molar-refractivity contribution in [1.82, 2.24) is 9.97 Å². The van der Waals surface area contributed by atoms with Crippen LogP contribution < -0.4 is 4.74 Å². The molecule has 0 aliphatic carbocycles. The summed E-state index contributed by atoms with van der Waals surface area (Å²) in [5.74, 6) is 0.553. The second-order valence-corrected chi connectivity index (χ2v) is 3.84. The van der Waals surface area contributed by atoms with Crippen molar-refractivity contribution in [1.29, 1.82) is 5.26 Å². The van der Waals surface area contributed by atoms with Crippen molar-refractivity contribution < 1.29 is 4.74 Å². The summed E-state index contributed by atoms with van der Waals surface area (Å²) in [5.41, 5.74) is 0.298. The molecule has 0 aliphatic rings. The molecule has 0 unspecified atom stereocenters. The molecule has 0 amide bonds. The standard InChI is InChI=1S/C11H5Cl2N3O/c12-8-3-9(6-15-5-8)17-11-10(13)7(4-14)1-2-16-11/h1-3,5-6H. The lowest BCUT2D eigenvalue weighted by molar-refractivity contribution is 0.461. The van der Waals surface area contributed by atoms with E-state index in [0.29, 0.717) is 16.3 Å². The molecule has 17 heavy (non-hydrogen) atoms. The number of nitrogens with zero attached hydrogens (tertiary/aromatic N) is 3. The van der Waals surface area contributed by atoms with Gasteiger partial charge in [-0.25, -0.2) is 4.98 Å². The van der Waals surface area contributed by atoms with Crippen molar-refractivity contribution in [3.05, 3.63) is 46.3 Å². The Kier molecular flexibility index (Phi) is 3.43. The number of nitriles is 1. The minimum absolute atomic E-state index is 0.148. The maximum absolute atomic E-state index is 8.80. The highest BCUT2D eigenvalue weighted by atomic mass is 35.5. The van der Waals surface area contributed by atoms with Gasteiger partial charge in [0.15, 0.2) is 0 Å². The minimum Gasteiger partial charge on any atom is -0.436 e. The zero-order valence-electron chi connectivity index (χ0n) is 8.39. The molecule has 0 saturated carbocycles. The maximum Gasteiger partial charge on any atom is 0.239 e. The molecule has 0 saturated heterocycles. The number of halogens is 2. The van der Waals surface area contributed by atoms with E-state index in [0.717, 1.165) is 0 Å². The van der Waals surface area contributed by atoms with Crippen molar-refractivity contribution >= 4 is 23.2 Å². The van der Waals surface area contributed by atoms with E-state index >= 15 is 0 Å². The fourth-order valence-electron chi connectivity index (χ4n) is 1.14. The number of ether oxygens (including phenoxy) is 1. The molecule has 2 aromatic rings. The third-order valence-electron chi connectivity index (χ3n) is 1.87. The van der Waals surface area contributed by atoms with Gasteiger partial charge < -0.3 is 4.74 Å². The number of hydrogen-bond donors (Lipinski definition) is 0. The third-order valence-corrected chi connectivity index (χ3v) is 2.44. The predicted octanol–water partition coefficient (Wildman–Crippen LogP) is 3.45. The summed E-state index contributed by atoms with van der Waals surface area (Å²) in [6.45, 7) is 0. The topological polar surface area (TPSA) is 58.8 Å². The Morgan fingerprint density at radius 2 is 2.12 bits per heavy atom. The third kappa shape index (κ3) is 2.64. The molecular formula is C11H5Cl2N3O. The van der Waals surface area contributed by atoms with E-state index in [1.165, 1.54) is 24.7 Å². The van der Waals surface area contributed by atoms with Gasteiger partial charge in [-0.1, -0.05) is 23.2 Å². The SMILES string of the molecule is N#Cc1ccnc(Oc2cncc(Cl)c2)c1Cl. The molecule has 2 rings (SSSR count). The summed E-state index contributed by atoms with van der Waals surface area (Å²) in [6.07, 6.45) is 4.40. The predicted molar refractivity (Wildman–Crippen MR) is 63.3 cm³/mol. The second kappa shape index (κ2) is 5.00. The van der Waals surface area contributed by atoms with Gasteiger partial charge in [0.1, 0.15) is 16.8 Å². The average Bonchev–Trinajstić information content (AvgIpc) is 2.32. The molecule has 84 valence electrons. The second-order valence-electron chi connectivity index (χ2n) is 3.03. The molecule has 6 heteroatoms. The highest BCUT2D eigenvalue weighted by Crippen LogP contribution is 2.29. The lowest BCUT2D eigenvalue weighted by Gasteiger charge is -2.06. The van der Waals surface area contributed by atoms with E-state index in [1.807, 2.05) is 6.07 Å². The van der Waals surface area contributed by atoms with Gasteiger partial charge in [0, 0.05) is 18.5 Å². The molecule has 2 heterocycles. The van der Waals surface area contributed by atoms with Crippen LogP contribution in [0.4, 0.5) is 0 Å². The summed E-state index contributed by atoms with van der Waals surface area (Å²) in [7, 11) is 0. The molecular weight excluding hydrogens is 261 g/mol. The van der Waals surface area contributed by atoms with Gasteiger partial charge in [-0.3, -0.25) is 4.98 Å². The Morgan fingerprint density at radius 1 is 1.29 bits per heavy atom. The van der Waals surface area contributed by atoms with Crippen LogP contribution in [0, 0.1) is 11.3 Å². The first-order valence-electron chi connectivity index (χ1n) is 4.53. The zero-order chi connectivity index (χ0) is 12.3. The molecule has 0 N–H and O–H groups in total. The van der Waals surface area contributed by atoms with E-state index in [1.54, 1.807) is 6.07 Å². The lowest BCUT2D eigenvalue weighted by atomic mass is 10.3. The van der Waals surface area contributed by atoms with Crippen molar-refractivity contribution in [3.63, 3.8) is 0 Å². The van der Waals surface area contributed by atoms with Crippen LogP contribution in [-0.2, 0) is 0 Å². The van der Waals surface area contributed by atoms with E-state index in [-0.39, 0.29) is 10.9 Å². The van der Waals surface area contributed by atoms with E-state index < -0.39 is 0 Å². The van der Waals surface area contributed by atoms with Gasteiger partial charge in [-0.15, -0.1) is 0 Å². The zero-order valence-corrected chi connectivity index (χ0v) is 9.90. The quantitative estimate of drug-likeness (QED) is 0.835. The number of hydrogen-bond acceptors (Lipinski definition) is 4. The fraction of sp³-hybridized carbons (Fsp3) is 0. The lowest BCUT2D eigenvalue weighted by Crippen LogP contribution is -1.91. The summed E-state index contributed by atoms with van der Waals surface area (Å²) in [6, 6.07) is 5.02. The van der Waals surface area contributed by atoms with E-state index in [4.69, 9.17) is 33.2 Å². The van der Waals surface area contributed by atoms with E-state index in [2.05, 4.69) is 9.97 Å². The van der Waals surface area contributed by atoms with Gasteiger partial charge in [0.2, 0.25) is 5.88 Å². The van der Waals surface area contributed by atoms with Crippen LogP contribution in [0.5, 0.6) is 11.6 Å². The largest absolute Gasteiger partial charge is 0.436 e. The fourth-order valence-corrected chi connectivity index (χ4v) is 1.50. The molecule has 0 fully saturated rings. The summed E-state index contributed by atoms with van der Waals surface area (Å²) in [4.78, 5) is 7.80. The van der Waals surface area contributed by atoms with Gasteiger partial charge in [0.05, 0.1) is 16.8 Å². The number of aromatic nitrogens is 2. The first kappa shape index (κ1) is 11.6. The monoisotopic (exact) mass is 265 g/mol. The maximum atomic E-state index is 8.80. The molecule has 0 spiro atoms.